The van der Waals surface area contributed by atoms with Gasteiger partial charge in [0.1, 0.15) is 11.9 Å². The van der Waals surface area contributed by atoms with Crippen LogP contribution in [-0.4, -0.2) is 104 Å². The number of carbonyl (C=O) groups is 3. The summed E-state index contributed by atoms with van der Waals surface area (Å²) >= 11 is 0. The Labute approximate surface area is 246 Å². The SMILES string of the molecule is C[C@@H]1CN([C@@H](C)CO)C(=O)c2cc(NC(=O)CCCN(C)C)ccc2O[C@H]1CN(C)C(=O)Nc1ccc2c(c1)OCO2. The third-order valence-corrected chi connectivity index (χ3v) is 7.38. The predicted octanol–water partition coefficient (Wildman–Crippen LogP) is 3.08. The fourth-order valence-electron chi connectivity index (χ4n) is 4.84. The molecule has 0 bridgehead atoms. The predicted molar refractivity (Wildman–Crippen MR) is 158 cm³/mol. The average Bonchev–Trinajstić information content (AvgIpc) is 3.42. The Morgan fingerprint density at radius 1 is 1.05 bits per heavy atom. The van der Waals surface area contributed by atoms with Gasteiger partial charge in [-0.05, 0) is 64.3 Å². The van der Waals surface area contributed by atoms with Gasteiger partial charge in [0.2, 0.25) is 12.7 Å². The molecule has 0 radical (unpaired) electrons. The second kappa shape index (κ2) is 13.8. The minimum atomic E-state index is -0.468. The monoisotopic (exact) mass is 583 g/mol. The molecule has 2 aliphatic rings. The lowest BCUT2D eigenvalue weighted by molar-refractivity contribution is -0.116. The van der Waals surface area contributed by atoms with E-state index in [0.717, 1.165) is 6.54 Å². The van der Waals surface area contributed by atoms with Gasteiger partial charge >= 0.3 is 6.03 Å². The molecule has 42 heavy (non-hydrogen) atoms. The minimum absolute atomic E-state index is 0.141. The number of ether oxygens (including phenoxy) is 3. The number of anilines is 2. The number of amides is 4. The van der Waals surface area contributed by atoms with E-state index < -0.39 is 12.1 Å². The lowest BCUT2D eigenvalue weighted by Gasteiger charge is -2.38. The van der Waals surface area contributed by atoms with E-state index in [1.165, 1.54) is 4.90 Å². The third-order valence-electron chi connectivity index (χ3n) is 7.38. The molecule has 2 aromatic rings. The molecular formula is C30H41N5O7. The van der Waals surface area contributed by atoms with Crippen LogP contribution in [0.2, 0.25) is 0 Å². The van der Waals surface area contributed by atoms with Crippen molar-refractivity contribution in [3.05, 3.63) is 42.0 Å². The van der Waals surface area contributed by atoms with Gasteiger partial charge in [-0.15, -0.1) is 0 Å². The zero-order valence-corrected chi connectivity index (χ0v) is 24.9. The smallest absolute Gasteiger partial charge is 0.321 e. The van der Waals surface area contributed by atoms with Crippen LogP contribution in [0.15, 0.2) is 36.4 Å². The number of nitrogens with one attached hydrogen (secondary N) is 2. The van der Waals surface area contributed by atoms with Crippen LogP contribution in [0.4, 0.5) is 16.2 Å². The first kappa shape index (κ1) is 30.9. The van der Waals surface area contributed by atoms with Crippen molar-refractivity contribution in [2.45, 2.75) is 38.8 Å². The number of benzene rings is 2. The molecule has 2 heterocycles. The van der Waals surface area contributed by atoms with E-state index in [-0.39, 0.29) is 49.3 Å². The Morgan fingerprint density at radius 3 is 2.45 bits per heavy atom. The van der Waals surface area contributed by atoms with Crippen molar-refractivity contribution >= 4 is 29.2 Å². The number of aliphatic hydroxyl groups is 1. The Kier molecular flexibility index (Phi) is 10.1. The summed E-state index contributed by atoms with van der Waals surface area (Å²) < 4.78 is 17.1. The van der Waals surface area contributed by atoms with Crippen LogP contribution >= 0.6 is 0 Å². The molecule has 3 N–H and O–H groups in total. The maximum absolute atomic E-state index is 13.7. The highest BCUT2D eigenvalue weighted by molar-refractivity contribution is 6.00. The summed E-state index contributed by atoms with van der Waals surface area (Å²) in [5, 5.41) is 15.7. The number of nitrogens with zero attached hydrogens (tertiary/aromatic N) is 3. The van der Waals surface area contributed by atoms with Crippen LogP contribution in [0.1, 0.15) is 37.0 Å². The van der Waals surface area contributed by atoms with E-state index in [9.17, 15) is 19.5 Å². The molecule has 4 amide bonds. The quantitative estimate of drug-likeness (QED) is 0.389. The normalized spacial score (nSPS) is 18.5. The van der Waals surface area contributed by atoms with Crippen LogP contribution in [0.3, 0.4) is 0 Å². The Bertz CT molecular complexity index is 1290. The van der Waals surface area contributed by atoms with E-state index in [0.29, 0.717) is 48.0 Å². The number of urea groups is 1. The van der Waals surface area contributed by atoms with Gasteiger partial charge in [0, 0.05) is 43.4 Å². The number of hydrogen-bond acceptors (Lipinski definition) is 8. The largest absolute Gasteiger partial charge is 0.487 e. The fraction of sp³-hybridized carbons (Fsp3) is 0.500. The molecule has 0 aliphatic carbocycles. The van der Waals surface area contributed by atoms with Crippen molar-refractivity contribution in [1.29, 1.82) is 0 Å². The summed E-state index contributed by atoms with van der Waals surface area (Å²) in [5.74, 6) is 0.929. The number of rotatable bonds is 10. The molecule has 2 aromatic carbocycles. The first-order valence-electron chi connectivity index (χ1n) is 14.1. The standard InChI is InChI=1S/C30H41N5O7/c1-19-15-35(20(2)17-36)29(38)23-13-21(31-28(37)7-6-12-33(3)4)8-10-24(23)42-27(19)16-34(5)30(39)32-22-9-11-25-26(14-22)41-18-40-25/h8-11,13-14,19-20,27,36H,6-7,12,15-18H2,1-5H3,(H,31,37)(H,32,39)/t19-,20+,27+/m1/s1. The topological polar surface area (TPSA) is 133 Å². The molecule has 2 aliphatic heterocycles. The highest BCUT2D eigenvalue weighted by atomic mass is 16.7. The maximum atomic E-state index is 13.7. The van der Waals surface area contributed by atoms with E-state index >= 15 is 0 Å². The number of likely N-dealkylation sites (N-methyl/N-ethyl adjacent to an activating group) is 1. The van der Waals surface area contributed by atoms with Gasteiger partial charge in [0.15, 0.2) is 11.5 Å². The average molecular weight is 584 g/mol. The first-order valence-corrected chi connectivity index (χ1v) is 14.1. The zero-order valence-electron chi connectivity index (χ0n) is 24.9. The van der Waals surface area contributed by atoms with Crippen LogP contribution in [0.25, 0.3) is 0 Å². The summed E-state index contributed by atoms with van der Waals surface area (Å²) in [6.07, 6.45) is 0.598. The molecule has 0 fully saturated rings. The van der Waals surface area contributed by atoms with Gasteiger partial charge < -0.3 is 44.7 Å². The van der Waals surface area contributed by atoms with Gasteiger partial charge in [-0.25, -0.2) is 4.79 Å². The highest BCUT2D eigenvalue weighted by Crippen LogP contribution is 2.34. The zero-order chi connectivity index (χ0) is 30.4. The van der Waals surface area contributed by atoms with E-state index in [1.807, 2.05) is 25.9 Å². The minimum Gasteiger partial charge on any atom is -0.487 e. The molecule has 0 aromatic heterocycles. The van der Waals surface area contributed by atoms with E-state index in [4.69, 9.17) is 14.2 Å². The van der Waals surface area contributed by atoms with E-state index in [2.05, 4.69) is 10.6 Å². The molecule has 12 nitrogen and oxygen atoms in total. The second-order valence-electron chi connectivity index (χ2n) is 11.2. The summed E-state index contributed by atoms with van der Waals surface area (Å²) in [5.41, 5.74) is 1.34. The van der Waals surface area contributed by atoms with Crippen molar-refractivity contribution in [3.63, 3.8) is 0 Å². The third kappa shape index (κ3) is 7.62. The molecule has 0 saturated carbocycles. The molecule has 228 valence electrons. The lowest BCUT2D eigenvalue weighted by Crippen LogP contribution is -2.50. The van der Waals surface area contributed by atoms with Gasteiger partial charge in [-0.3, -0.25) is 9.59 Å². The van der Waals surface area contributed by atoms with Crippen molar-refractivity contribution in [2.75, 3.05) is 64.8 Å². The number of aliphatic hydroxyl groups excluding tert-OH is 1. The van der Waals surface area contributed by atoms with Crippen molar-refractivity contribution < 1.29 is 33.7 Å². The van der Waals surface area contributed by atoms with Gasteiger partial charge in [0.25, 0.3) is 5.91 Å². The van der Waals surface area contributed by atoms with Gasteiger partial charge in [-0.1, -0.05) is 6.92 Å². The summed E-state index contributed by atoms with van der Waals surface area (Å²) in [7, 11) is 5.58. The molecule has 12 heteroatoms. The summed E-state index contributed by atoms with van der Waals surface area (Å²) in [4.78, 5) is 44.4. The Balaban J connectivity index is 1.50. The number of hydrogen-bond donors (Lipinski definition) is 3. The van der Waals surface area contributed by atoms with Crippen molar-refractivity contribution in [1.82, 2.24) is 14.7 Å². The molecule has 3 atom stereocenters. The van der Waals surface area contributed by atoms with Gasteiger partial charge in [0.05, 0.1) is 24.8 Å². The molecule has 0 unspecified atom stereocenters. The molecule has 0 saturated heterocycles. The Hall–Kier alpha value is -4.03. The van der Waals surface area contributed by atoms with Crippen LogP contribution in [0.5, 0.6) is 17.2 Å². The van der Waals surface area contributed by atoms with Crippen molar-refractivity contribution in [2.24, 2.45) is 5.92 Å². The summed E-state index contributed by atoms with van der Waals surface area (Å²) in [6.45, 7) is 5.00. The van der Waals surface area contributed by atoms with Crippen LogP contribution in [0, 0.1) is 5.92 Å². The fourth-order valence-corrected chi connectivity index (χ4v) is 4.84. The lowest BCUT2D eigenvalue weighted by atomic mass is 9.99. The molecule has 4 rings (SSSR count). The van der Waals surface area contributed by atoms with Crippen LogP contribution < -0.4 is 24.8 Å². The van der Waals surface area contributed by atoms with E-state index in [1.54, 1.807) is 55.3 Å². The van der Waals surface area contributed by atoms with Crippen molar-refractivity contribution in [3.8, 4) is 17.2 Å². The first-order chi connectivity index (χ1) is 20.0. The maximum Gasteiger partial charge on any atom is 0.321 e. The molecule has 0 spiro atoms. The number of carbonyl (C=O) groups excluding carboxylic acids is 3. The number of fused-ring (bicyclic) bond motifs is 2. The van der Waals surface area contributed by atoms with Crippen LogP contribution in [-0.2, 0) is 4.79 Å². The summed E-state index contributed by atoms with van der Waals surface area (Å²) in [6, 6.07) is 9.39. The Morgan fingerprint density at radius 2 is 1.74 bits per heavy atom. The molecular weight excluding hydrogens is 542 g/mol. The highest BCUT2D eigenvalue weighted by Gasteiger charge is 2.34. The van der Waals surface area contributed by atoms with Gasteiger partial charge in [-0.2, -0.15) is 0 Å². The second-order valence-corrected chi connectivity index (χ2v) is 11.2.